The Morgan fingerprint density at radius 3 is 0.903 bits per heavy atom. The zero-order valence-electron chi connectivity index (χ0n) is 80.9. The predicted octanol–water partition coefficient (Wildman–Crippen LogP) is 37.2. The Morgan fingerprint density at radius 1 is 0.152 bits per heavy atom. The molecule has 0 atom stereocenters. The average molecular weight is 1850 g/mol. The summed E-state index contributed by atoms with van der Waals surface area (Å²) in [6.07, 6.45) is 0. The number of para-hydroxylation sites is 12. The Bertz CT molecular complexity index is 10400. The Kier molecular flexibility index (Phi) is 19.7. The van der Waals surface area contributed by atoms with Gasteiger partial charge in [0.1, 0.15) is 5.58 Å². The van der Waals surface area contributed by atoms with Gasteiger partial charge in [-0.25, -0.2) is 0 Å². The maximum absolute atomic E-state index is 8.76. The molecule has 0 saturated carbocycles. The number of hydrogen-bond acceptors (Lipinski definition) is 1. The Balaban J connectivity index is 0.000000107. The van der Waals surface area contributed by atoms with Crippen LogP contribution in [-0.2, 0) is 0 Å². The molecular weight excluding hydrogens is 1760 g/mol. The lowest BCUT2D eigenvalue weighted by molar-refractivity contribution is 0.666. The molecule has 0 aliphatic heterocycles. The largest absolute Gasteiger partial charge is 0.454 e. The van der Waals surface area contributed by atoms with Crippen molar-refractivity contribution in [2.24, 2.45) is 0 Å². The quantitative estimate of drug-likeness (QED) is 0.113. The summed E-state index contributed by atoms with van der Waals surface area (Å²) in [5, 5.41) is 16.5. The molecule has 0 aliphatic carbocycles. The molecule has 30 rings (SSSR count). The highest BCUT2D eigenvalue weighted by atomic mass is 16.3. The Hall–Kier alpha value is -19.3. The van der Waals surface area contributed by atoms with Crippen LogP contribution in [0.5, 0.6) is 0 Å². The highest BCUT2D eigenvalue weighted by Gasteiger charge is 2.28. The van der Waals surface area contributed by atoms with E-state index in [4.69, 9.17) is 7.16 Å². The smallest absolute Gasteiger partial charge is 0.159 e. The highest BCUT2D eigenvalue weighted by molar-refractivity contribution is 6.26. The number of fused-ring (bicyclic) bond motifs is 21. The van der Waals surface area contributed by atoms with E-state index < -0.39 is 0 Å². The average Bonchev–Trinajstić information content (AvgIpc) is 1.56. The number of rotatable bonds is 13. The van der Waals surface area contributed by atoms with Gasteiger partial charge < -0.3 is 31.8 Å². The molecule has 145 heavy (non-hydrogen) atoms. The normalized spacial score (nSPS) is 11.9. The van der Waals surface area contributed by atoms with Crippen molar-refractivity contribution >= 4 is 153 Å². The lowest BCUT2D eigenvalue weighted by Gasteiger charge is -2.16. The van der Waals surface area contributed by atoms with E-state index in [9.17, 15) is 0 Å². The van der Waals surface area contributed by atoms with Gasteiger partial charge in [0.15, 0.2) is 5.58 Å². The van der Waals surface area contributed by atoms with Gasteiger partial charge >= 0.3 is 0 Å². The summed E-state index contributed by atoms with van der Waals surface area (Å²) in [7, 11) is 0. The summed E-state index contributed by atoms with van der Waals surface area (Å²) < 4.78 is 38.3. The van der Waals surface area contributed by atoms with Crippen LogP contribution in [0.3, 0.4) is 0 Å². The van der Waals surface area contributed by atoms with Crippen molar-refractivity contribution in [1.82, 2.24) is 27.4 Å². The van der Waals surface area contributed by atoms with Gasteiger partial charge in [0.05, 0.1) is 74.6 Å². The van der Waals surface area contributed by atoms with Gasteiger partial charge in [-0.15, -0.1) is 0 Å². The van der Waals surface area contributed by atoms with E-state index >= 15 is 0 Å². The van der Waals surface area contributed by atoms with Gasteiger partial charge in [-0.2, -0.15) is 0 Å². The summed E-state index contributed by atoms with van der Waals surface area (Å²) in [5.74, 6) is 0. The summed E-state index contributed by atoms with van der Waals surface area (Å²) in [5.41, 5.74) is 38.8. The molecule has 0 unspecified atom stereocenters. The summed E-state index contributed by atoms with van der Waals surface area (Å²) in [6, 6.07) is 191. The maximum Gasteiger partial charge on any atom is 0.159 e. The lowest BCUT2D eigenvalue weighted by Crippen LogP contribution is -1.98. The van der Waals surface area contributed by atoms with Crippen molar-refractivity contribution in [3.8, 4) is 112 Å². The number of furan rings is 1. The predicted molar refractivity (Wildman–Crippen MR) is 611 cm³/mol. The van der Waals surface area contributed by atoms with E-state index in [0.29, 0.717) is 12.1 Å². The molecule has 7 heteroatoms. The third-order valence-electron chi connectivity index (χ3n) is 29.4. The topological polar surface area (TPSA) is 42.7 Å². The fraction of sp³-hybridized carbons (Fsp3) is 0. The minimum absolute atomic E-state index is 0.474. The van der Waals surface area contributed by atoms with Gasteiger partial charge in [-0.1, -0.05) is 406 Å². The molecule has 0 aliphatic rings. The fourth-order valence-corrected chi connectivity index (χ4v) is 23.2. The van der Waals surface area contributed by atoms with Crippen molar-refractivity contribution < 1.29 is 7.16 Å². The van der Waals surface area contributed by atoms with E-state index in [-0.39, 0.29) is 0 Å². The fourth-order valence-electron chi connectivity index (χ4n) is 23.2. The summed E-state index contributed by atoms with van der Waals surface area (Å²) in [6.45, 7) is 0. The minimum atomic E-state index is 0.474. The SMILES string of the molecule is [2H]c1ccc2c(c1)c1c(-c3cccc4c3c3cc([2H])ccc3n4-c3cc(-c4ccccc4)cc(-c4ccccc4)c3)cccc1n2-c1ccccc1.c1ccc(-c2ccc(-n3c4ccccc4c4cccc(-c5cccc6c7ccccc7n(-c7cccc(-c8ccccc8)c7)c56)c43)cc2)cc1.c1ccc(-n2c3ccccc3c3c(-c4cccc5c4c4ccccc4n5-c4cccc5c4oc4ccccc45)cccc32)cc1. The third-order valence-corrected chi connectivity index (χ3v) is 29.4. The van der Waals surface area contributed by atoms with Crippen LogP contribution in [0.15, 0.2) is 550 Å². The third kappa shape index (κ3) is 13.9. The lowest BCUT2D eigenvalue weighted by atomic mass is 9.95. The number of hydrogen-bond donors (Lipinski definition) is 0. The number of nitrogens with zero attached hydrogens (tertiary/aromatic N) is 6. The first-order valence-corrected chi connectivity index (χ1v) is 49.6. The highest BCUT2D eigenvalue weighted by Crippen LogP contribution is 2.51. The van der Waals surface area contributed by atoms with E-state index in [0.717, 1.165) is 144 Å². The van der Waals surface area contributed by atoms with Gasteiger partial charge in [0, 0.05) is 115 Å². The second-order valence-corrected chi connectivity index (χ2v) is 37.4. The first-order valence-electron chi connectivity index (χ1n) is 50.6. The van der Waals surface area contributed by atoms with E-state index in [1.165, 1.54) is 121 Å². The minimum Gasteiger partial charge on any atom is -0.454 e. The molecule has 7 heterocycles. The first-order chi connectivity index (χ1) is 72.8. The van der Waals surface area contributed by atoms with Gasteiger partial charge in [-0.3, -0.25) is 0 Å². The standard InChI is InChI=1S/2C48H32N2.C42H26N2O/c1-4-16-33(17-5-1)35-30-36(34-18-6-2-7-19-34)32-38(31-35)50-44-27-13-11-23-42(44)48-40(25-15-29-46(48)50)39-24-14-28-45-47(39)41-22-10-12-26-43(41)49(45)37-20-8-3-9-21-37;1-3-14-33(15-4-1)35-28-30-37(31-29-35)49-45-26-9-7-20-39(45)41-22-12-24-43(47(41)49)44-25-13-23-42-40-21-8-10-27-46(40)50(48(42)44)38-19-11-18-36(32-38)34-16-5-2-6-17-34;1-2-13-27(14-3-1)43-34-21-7-4-16-32(34)40-29(18-10-23-36(40)43)30-19-11-24-37-41(30)33-17-5-8-22-35(33)44(37)38-25-12-20-31-28-15-6-9-26-39(28)45-42(31)38/h2*1-32H;1-26H/i10D,11D;;. The van der Waals surface area contributed by atoms with Gasteiger partial charge in [0.2, 0.25) is 0 Å². The second kappa shape index (κ2) is 34.9. The molecule has 0 N–H and O–H groups in total. The zero-order valence-corrected chi connectivity index (χ0v) is 78.9. The Morgan fingerprint density at radius 2 is 0.434 bits per heavy atom. The molecule has 7 aromatic heterocycles. The summed E-state index contributed by atoms with van der Waals surface area (Å²) in [4.78, 5) is 0. The first kappa shape index (κ1) is 81.6. The van der Waals surface area contributed by atoms with Crippen molar-refractivity contribution in [2.75, 3.05) is 0 Å². The van der Waals surface area contributed by atoms with Crippen molar-refractivity contribution in [1.29, 1.82) is 0 Å². The van der Waals surface area contributed by atoms with Crippen LogP contribution in [0.4, 0.5) is 0 Å². The monoisotopic (exact) mass is 1850 g/mol. The molecule has 0 spiro atoms. The summed E-state index contributed by atoms with van der Waals surface area (Å²) >= 11 is 0. The van der Waals surface area contributed by atoms with Crippen LogP contribution >= 0.6 is 0 Å². The van der Waals surface area contributed by atoms with Crippen LogP contribution in [0, 0.1) is 0 Å². The number of benzene rings is 23. The van der Waals surface area contributed by atoms with Gasteiger partial charge in [-0.05, 0) is 206 Å². The zero-order chi connectivity index (χ0) is 97.3. The van der Waals surface area contributed by atoms with E-state index in [1.807, 2.05) is 36.4 Å². The molecule has 0 bridgehead atoms. The second-order valence-electron chi connectivity index (χ2n) is 37.4. The van der Waals surface area contributed by atoms with Gasteiger partial charge in [0.25, 0.3) is 0 Å². The molecule has 0 amide bonds. The Labute approximate surface area is 839 Å². The van der Waals surface area contributed by atoms with Crippen LogP contribution in [-0.4, -0.2) is 27.4 Å². The molecule has 23 aromatic carbocycles. The van der Waals surface area contributed by atoms with Crippen LogP contribution in [0.1, 0.15) is 2.74 Å². The van der Waals surface area contributed by atoms with E-state index in [2.05, 4.69) is 525 Å². The molecule has 0 radical (unpaired) electrons. The van der Waals surface area contributed by atoms with Crippen LogP contribution in [0.2, 0.25) is 0 Å². The van der Waals surface area contributed by atoms with Crippen LogP contribution in [0.25, 0.3) is 265 Å². The molecule has 30 aromatic rings. The van der Waals surface area contributed by atoms with Crippen molar-refractivity contribution in [3.05, 3.63) is 546 Å². The molecule has 7 nitrogen and oxygen atoms in total. The molecular formula is C138H90N6O. The number of aromatic nitrogens is 6. The molecule has 0 fully saturated rings. The molecule has 678 valence electrons. The van der Waals surface area contributed by atoms with Crippen molar-refractivity contribution in [3.63, 3.8) is 0 Å². The van der Waals surface area contributed by atoms with E-state index in [1.54, 1.807) is 0 Å². The maximum atomic E-state index is 8.76. The van der Waals surface area contributed by atoms with Crippen molar-refractivity contribution in [2.45, 2.75) is 0 Å². The molecule has 0 saturated heterocycles. The van der Waals surface area contributed by atoms with Crippen LogP contribution < -0.4 is 0 Å².